The van der Waals surface area contributed by atoms with Crippen molar-refractivity contribution in [3.63, 3.8) is 0 Å². The van der Waals surface area contributed by atoms with E-state index in [1.807, 2.05) is 0 Å². The Bertz CT molecular complexity index is 166. The summed E-state index contributed by atoms with van der Waals surface area (Å²) >= 11 is 0. The molecule has 4 nitrogen and oxygen atoms in total. The Hall–Kier alpha value is -0.900. The van der Waals surface area contributed by atoms with Crippen LogP contribution in [0.15, 0.2) is 0 Å². The van der Waals surface area contributed by atoms with E-state index in [2.05, 4.69) is 0 Å². The highest BCUT2D eigenvalue weighted by molar-refractivity contribution is 5.88. The van der Waals surface area contributed by atoms with Gasteiger partial charge in [0.05, 0.1) is 12.5 Å². The van der Waals surface area contributed by atoms with Crippen LogP contribution in [-0.2, 0) is 9.59 Å². The lowest BCUT2D eigenvalue weighted by molar-refractivity contribution is -0.139. The molecule has 72 valence electrons. The lowest BCUT2D eigenvalue weighted by atomic mass is 10.0. The number of hydrogen-bond acceptors (Lipinski definition) is 3. The molecule has 0 fully saturated rings. The molecular formula is C8H17NO3. The summed E-state index contributed by atoms with van der Waals surface area (Å²) in [7, 11) is 0. The second-order valence-corrected chi connectivity index (χ2v) is 2.76. The number of aliphatic carboxylic acids is 1. The number of nitrogens with two attached hydrogens (primary N) is 1. The topological polar surface area (TPSA) is 80.4 Å². The van der Waals surface area contributed by atoms with E-state index in [0.717, 1.165) is 0 Å². The van der Waals surface area contributed by atoms with Crippen LogP contribution in [0.2, 0.25) is 0 Å². The summed E-state index contributed by atoms with van der Waals surface area (Å²) in [6.07, 6.45) is -0.281. The van der Waals surface area contributed by atoms with Crippen molar-refractivity contribution in [3.05, 3.63) is 0 Å². The van der Waals surface area contributed by atoms with E-state index in [-0.39, 0.29) is 25.5 Å². The zero-order valence-electron chi connectivity index (χ0n) is 6.70. The molecule has 0 rings (SSSR count). The Morgan fingerprint density at radius 2 is 1.83 bits per heavy atom. The number of ketones is 1. The maximum atomic E-state index is 11.0. The smallest absolute Gasteiger partial charge is 0.305 e. The summed E-state index contributed by atoms with van der Waals surface area (Å²) < 4.78 is 0. The Labute approximate surface area is 72.8 Å². The minimum Gasteiger partial charge on any atom is -0.481 e. The second-order valence-electron chi connectivity index (χ2n) is 2.76. The van der Waals surface area contributed by atoms with Crippen LogP contribution < -0.4 is 5.73 Å². The Kier molecular flexibility index (Phi) is 6.51. The van der Waals surface area contributed by atoms with Crippen molar-refractivity contribution in [1.29, 1.82) is 0 Å². The van der Waals surface area contributed by atoms with Crippen LogP contribution in [-0.4, -0.2) is 22.9 Å². The first-order valence-corrected chi connectivity index (χ1v) is 3.46. The Balaban J connectivity index is 0. The van der Waals surface area contributed by atoms with E-state index < -0.39 is 12.0 Å². The van der Waals surface area contributed by atoms with Crippen LogP contribution in [0.1, 0.15) is 27.7 Å². The summed E-state index contributed by atoms with van der Waals surface area (Å²) in [5.74, 6) is -1.43. The van der Waals surface area contributed by atoms with Gasteiger partial charge in [0.2, 0.25) is 0 Å². The molecular weight excluding hydrogens is 158 g/mol. The number of carboxylic acids is 1. The molecule has 0 saturated carbocycles. The molecule has 1 atom stereocenters. The van der Waals surface area contributed by atoms with Crippen LogP contribution >= 0.6 is 0 Å². The molecule has 12 heavy (non-hydrogen) atoms. The van der Waals surface area contributed by atoms with Gasteiger partial charge in [-0.2, -0.15) is 0 Å². The summed E-state index contributed by atoms with van der Waals surface area (Å²) in [6, 6.07) is -0.854. The number of rotatable bonds is 4. The monoisotopic (exact) mass is 175 g/mol. The predicted octanol–water partition coefficient (Wildman–Crippen LogP) is 0.650. The van der Waals surface area contributed by atoms with Crippen molar-refractivity contribution in [3.8, 4) is 0 Å². The molecule has 0 bridgehead atoms. The molecule has 0 unspecified atom stereocenters. The molecule has 0 aromatic heterocycles. The standard InChI is InChI=1S/C7H13NO3.CH4/c1-4(2)7(11)5(8)3-6(9)10;/h4-5H,3,8H2,1-2H3,(H,9,10);1H4/t5-;/m0./s1. The molecule has 0 saturated heterocycles. The maximum Gasteiger partial charge on any atom is 0.305 e. The molecule has 0 heterocycles. The third-order valence-corrected chi connectivity index (χ3v) is 1.33. The van der Waals surface area contributed by atoms with Gasteiger partial charge in [-0.1, -0.05) is 21.3 Å². The molecule has 3 N–H and O–H groups in total. The first-order valence-electron chi connectivity index (χ1n) is 3.46. The molecule has 0 amide bonds. The van der Waals surface area contributed by atoms with Crippen LogP contribution in [0.5, 0.6) is 0 Å². The van der Waals surface area contributed by atoms with Crippen LogP contribution in [0.4, 0.5) is 0 Å². The molecule has 0 spiro atoms. The number of Topliss-reactive ketones (excluding diaryl/α,β-unsaturated/α-hetero) is 1. The van der Waals surface area contributed by atoms with E-state index in [4.69, 9.17) is 10.8 Å². The van der Waals surface area contributed by atoms with Gasteiger partial charge in [0.1, 0.15) is 0 Å². The zero-order valence-corrected chi connectivity index (χ0v) is 6.70. The van der Waals surface area contributed by atoms with Gasteiger partial charge in [-0.15, -0.1) is 0 Å². The van der Waals surface area contributed by atoms with Crippen LogP contribution in [0.25, 0.3) is 0 Å². The van der Waals surface area contributed by atoms with E-state index in [1.165, 1.54) is 0 Å². The highest BCUT2D eigenvalue weighted by atomic mass is 16.4. The van der Waals surface area contributed by atoms with Crippen molar-refractivity contribution in [2.45, 2.75) is 33.7 Å². The lowest BCUT2D eigenvalue weighted by Gasteiger charge is -2.09. The van der Waals surface area contributed by atoms with Gasteiger partial charge in [-0.05, 0) is 0 Å². The van der Waals surface area contributed by atoms with Gasteiger partial charge in [0, 0.05) is 5.92 Å². The first-order chi connectivity index (χ1) is 4.95. The summed E-state index contributed by atoms with van der Waals surface area (Å²) in [5, 5.41) is 8.28. The van der Waals surface area contributed by atoms with Gasteiger partial charge in [-0.3, -0.25) is 9.59 Å². The third-order valence-electron chi connectivity index (χ3n) is 1.33. The summed E-state index contributed by atoms with van der Waals surface area (Å²) in [4.78, 5) is 21.1. The van der Waals surface area contributed by atoms with Gasteiger partial charge in [0.25, 0.3) is 0 Å². The van der Waals surface area contributed by atoms with E-state index in [0.29, 0.717) is 0 Å². The second kappa shape index (κ2) is 5.71. The number of carbonyl (C=O) groups is 2. The zero-order chi connectivity index (χ0) is 9.02. The number of carbonyl (C=O) groups excluding carboxylic acids is 1. The normalized spacial score (nSPS) is 12.0. The molecule has 0 aliphatic carbocycles. The van der Waals surface area contributed by atoms with Gasteiger partial charge < -0.3 is 10.8 Å². The number of hydrogen-bond donors (Lipinski definition) is 2. The predicted molar refractivity (Wildman–Crippen MR) is 46.8 cm³/mol. The molecule has 0 aliphatic rings. The van der Waals surface area contributed by atoms with Gasteiger partial charge in [-0.25, -0.2) is 0 Å². The van der Waals surface area contributed by atoms with Crippen LogP contribution in [0, 0.1) is 5.92 Å². The minimum atomic E-state index is -1.04. The summed E-state index contributed by atoms with van der Waals surface area (Å²) in [6.45, 7) is 3.40. The fraction of sp³-hybridized carbons (Fsp3) is 0.750. The van der Waals surface area contributed by atoms with Crippen molar-refractivity contribution in [1.82, 2.24) is 0 Å². The number of carboxylic acid groups (broad SMARTS) is 1. The van der Waals surface area contributed by atoms with E-state index in [1.54, 1.807) is 13.8 Å². The molecule has 0 aromatic carbocycles. The first kappa shape index (κ1) is 13.7. The van der Waals surface area contributed by atoms with E-state index in [9.17, 15) is 9.59 Å². The van der Waals surface area contributed by atoms with Gasteiger partial charge >= 0.3 is 5.97 Å². The summed E-state index contributed by atoms with van der Waals surface area (Å²) in [5.41, 5.74) is 5.29. The van der Waals surface area contributed by atoms with Crippen molar-refractivity contribution in [2.24, 2.45) is 11.7 Å². The largest absolute Gasteiger partial charge is 0.481 e. The quantitative estimate of drug-likeness (QED) is 0.657. The third kappa shape index (κ3) is 4.85. The van der Waals surface area contributed by atoms with Crippen molar-refractivity contribution >= 4 is 11.8 Å². The average Bonchev–Trinajstić information content (AvgIpc) is 1.84. The minimum absolute atomic E-state index is 0. The fourth-order valence-electron chi connectivity index (χ4n) is 0.717. The Morgan fingerprint density at radius 3 is 2.08 bits per heavy atom. The molecule has 0 aromatic rings. The highest BCUT2D eigenvalue weighted by Crippen LogP contribution is 2.00. The Morgan fingerprint density at radius 1 is 1.42 bits per heavy atom. The molecule has 0 aliphatic heterocycles. The lowest BCUT2D eigenvalue weighted by Crippen LogP contribution is -2.35. The SMILES string of the molecule is C.CC(C)C(=O)[C@@H](N)CC(=O)O. The van der Waals surface area contributed by atoms with Gasteiger partial charge in [0.15, 0.2) is 5.78 Å². The van der Waals surface area contributed by atoms with Crippen molar-refractivity contribution in [2.75, 3.05) is 0 Å². The molecule has 0 radical (unpaired) electrons. The average molecular weight is 175 g/mol. The van der Waals surface area contributed by atoms with E-state index >= 15 is 0 Å². The maximum absolute atomic E-state index is 11.0. The molecule has 4 heteroatoms. The fourth-order valence-corrected chi connectivity index (χ4v) is 0.717. The van der Waals surface area contributed by atoms with Crippen LogP contribution in [0.3, 0.4) is 0 Å². The highest BCUT2D eigenvalue weighted by Gasteiger charge is 2.19. The van der Waals surface area contributed by atoms with Crippen molar-refractivity contribution < 1.29 is 14.7 Å².